The van der Waals surface area contributed by atoms with Crippen LogP contribution in [0.1, 0.15) is 118 Å². The van der Waals surface area contributed by atoms with Gasteiger partial charge in [-0.2, -0.15) is 0 Å². The molecule has 0 aromatic carbocycles. The fraction of sp³-hybridized carbons (Fsp3) is 0.485. The minimum Gasteiger partial charge on any atom is -0.340 e. The van der Waals surface area contributed by atoms with Gasteiger partial charge in [0.25, 0.3) is 0 Å². The van der Waals surface area contributed by atoms with Crippen LogP contribution in [0.3, 0.4) is 0 Å². The molecule has 0 saturated carbocycles. The van der Waals surface area contributed by atoms with Gasteiger partial charge in [0, 0.05) is 27.7 Å². The standard InChI is InChI=1S/C33H43N7/c1-30(2,3)19-15-24-35-23(19)14-18-13-20(31(4,5)6)27(34-18)40-29-22(33(10,11)12)17-26(39-29)38-28-21(32(7,8)9)16-25(36-24)37-28/h13-17H,1-12H3,(H2,34,35,36,37,38,39,40). The smallest absolute Gasteiger partial charge is 0.160 e. The molecular weight excluding hydrogens is 494 g/mol. The Morgan fingerprint density at radius 3 is 1.50 bits per heavy atom. The molecule has 5 heterocycles. The van der Waals surface area contributed by atoms with Gasteiger partial charge in [0.15, 0.2) is 23.3 Å². The van der Waals surface area contributed by atoms with Crippen LogP contribution in [-0.2, 0) is 10.8 Å². The van der Waals surface area contributed by atoms with Gasteiger partial charge in [0.05, 0.1) is 0 Å². The molecule has 3 aromatic heterocycles. The van der Waals surface area contributed by atoms with E-state index in [9.17, 15) is 0 Å². The van der Waals surface area contributed by atoms with Crippen LogP contribution in [0.25, 0.3) is 45.6 Å². The van der Waals surface area contributed by atoms with Crippen LogP contribution in [0.15, 0.2) is 18.2 Å². The van der Waals surface area contributed by atoms with E-state index in [0.29, 0.717) is 23.3 Å². The molecule has 0 radical (unpaired) electrons. The Balaban J connectivity index is 1.97. The van der Waals surface area contributed by atoms with E-state index in [0.717, 1.165) is 39.0 Å². The zero-order valence-electron chi connectivity index (χ0n) is 26.1. The molecule has 0 fully saturated rings. The van der Waals surface area contributed by atoms with E-state index in [-0.39, 0.29) is 21.7 Å². The quantitative estimate of drug-likeness (QED) is 0.301. The third kappa shape index (κ3) is 5.38. The SMILES string of the molecule is CC(C)(C)C1=Cc2nc1nc1nc(nc3[nH]c(cc3C(C)(C)C)cc3[nH]c(cc3C(C)(C)C)n2)C(C(C)(C)C)=C1. The molecule has 0 atom stereocenters. The number of rotatable bonds is 0. The molecule has 40 heavy (non-hydrogen) atoms. The molecule has 2 aliphatic heterocycles. The van der Waals surface area contributed by atoms with Crippen molar-refractivity contribution < 1.29 is 0 Å². The molecule has 7 nitrogen and oxygen atoms in total. The van der Waals surface area contributed by atoms with Gasteiger partial charge in [0.2, 0.25) is 0 Å². The molecule has 3 aromatic rings. The molecule has 210 valence electrons. The lowest BCUT2D eigenvalue weighted by Gasteiger charge is -2.19. The van der Waals surface area contributed by atoms with Crippen LogP contribution in [0.2, 0.25) is 0 Å². The predicted octanol–water partition coefficient (Wildman–Crippen LogP) is 8.27. The molecule has 0 aliphatic carbocycles. The molecule has 0 amide bonds. The topological polar surface area (TPSA) is 96.0 Å². The molecule has 7 heteroatoms. The summed E-state index contributed by atoms with van der Waals surface area (Å²) in [6.07, 6.45) is 4.09. The fourth-order valence-corrected chi connectivity index (χ4v) is 5.12. The van der Waals surface area contributed by atoms with E-state index < -0.39 is 0 Å². The van der Waals surface area contributed by atoms with Crippen LogP contribution in [-0.4, -0.2) is 34.9 Å². The van der Waals surface area contributed by atoms with Crippen molar-refractivity contribution in [3.63, 3.8) is 0 Å². The van der Waals surface area contributed by atoms with Crippen molar-refractivity contribution >= 4 is 45.6 Å². The number of aromatic amines is 2. The summed E-state index contributed by atoms with van der Waals surface area (Å²) in [5, 5.41) is 0. The van der Waals surface area contributed by atoms with Crippen molar-refractivity contribution in [1.82, 2.24) is 34.9 Å². The maximum Gasteiger partial charge on any atom is 0.160 e. The first-order valence-corrected chi connectivity index (χ1v) is 14.1. The van der Waals surface area contributed by atoms with Crippen LogP contribution in [0, 0.1) is 10.8 Å². The summed E-state index contributed by atoms with van der Waals surface area (Å²) in [4.78, 5) is 32.0. The van der Waals surface area contributed by atoms with Gasteiger partial charge in [-0.3, -0.25) is 0 Å². The first-order chi connectivity index (χ1) is 18.3. The van der Waals surface area contributed by atoms with Gasteiger partial charge in [-0.15, -0.1) is 0 Å². The van der Waals surface area contributed by atoms with Crippen molar-refractivity contribution in [1.29, 1.82) is 0 Å². The van der Waals surface area contributed by atoms with Gasteiger partial charge in [0.1, 0.15) is 11.3 Å². The number of aromatic nitrogens is 7. The summed E-state index contributed by atoms with van der Waals surface area (Å²) >= 11 is 0. The van der Waals surface area contributed by atoms with Crippen molar-refractivity contribution in [3.8, 4) is 0 Å². The van der Waals surface area contributed by atoms with Gasteiger partial charge in [-0.1, -0.05) is 83.1 Å². The van der Waals surface area contributed by atoms with Gasteiger partial charge in [-0.25, -0.2) is 24.9 Å². The van der Waals surface area contributed by atoms with Crippen LogP contribution in [0.5, 0.6) is 0 Å². The summed E-state index contributed by atoms with van der Waals surface area (Å²) in [7, 11) is 0. The second-order valence-electron chi connectivity index (χ2n) is 15.2. The average molecular weight is 538 g/mol. The summed E-state index contributed by atoms with van der Waals surface area (Å²) in [5.41, 5.74) is 7.45. The molecule has 5 rings (SSSR count). The van der Waals surface area contributed by atoms with E-state index in [2.05, 4.69) is 111 Å². The number of hydrogen-bond donors (Lipinski definition) is 2. The predicted molar refractivity (Wildman–Crippen MR) is 166 cm³/mol. The lowest BCUT2D eigenvalue weighted by Crippen LogP contribution is -2.11. The number of H-pyrrole nitrogens is 2. The maximum absolute atomic E-state index is 5.15. The Kier molecular flexibility index (Phi) is 6.25. The van der Waals surface area contributed by atoms with Crippen molar-refractivity contribution in [2.45, 2.75) is 93.9 Å². The third-order valence-corrected chi connectivity index (χ3v) is 7.33. The highest BCUT2D eigenvalue weighted by atomic mass is 15.0. The zero-order valence-corrected chi connectivity index (χ0v) is 26.1. The lowest BCUT2D eigenvalue weighted by molar-refractivity contribution is 0.566. The number of nitrogens with zero attached hydrogens (tertiary/aromatic N) is 5. The Morgan fingerprint density at radius 1 is 0.500 bits per heavy atom. The number of fused-ring (bicyclic) bond motifs is 8. The first kappa shape index (κ1) is 27.9. The minimum atomic E-state index is -0.166. The Bertz CT molecular complexity index is 1720. The molecule has 8 bridgehead atoms. The molecule has 0 unspecified atom stereocenters. The normalized spacial score (nSPS) is 14.8. The minimum absolute atomic E-state index is 0.0842. The highest BCUT2D eigenvalue weighted by Gasteiger charge is 2.29. The molecule has 0 spiro atoms. The average Bonchev–Trinajstić information content (AvgIpc) is 3.53. The molecular formula is C33H43N7. The Hall–Kier alpha value is -3.61. The third-order valence-electron chi connectivity index (χ3n) is 7.33. The number of allylic oxidation sites excluding steroid dienone is 2. The summed E-state index contributed by atoms with van der Waals surface area (Å²) in [5.74, 6) is 2.57. The van der Waals surface area contributed by atoms with Crippen molar-refractivity contribution in [3.05, 3.63) is 52.6 Å². The van der Waals surface area contributed by atoms with Crippen molar-refractivity contribution in [2.75, 3.05) is 0 Å². The van der Waals surface area contributed by atoms with E-state index in [1.54, 1.807) is 0 Å². The maximum atomic E-state index is 5.15. The summed E-state index contributed by atoms with van der Waals surface area (Å²) in [6.45, 7) is 26.4. The zero-order chi connectivity index (χ0) is 29.4. The largest absolute Gasteiger partial charge is 0.340 e. The monoisotopic (exact) mass is 537 g/mol. The Morgan fingerprint density at radius 2 is 1.00 bits per heavy atom. The van der Waals surface area contributed by atoms with E-state index in [1.165, 1.54) is 5.56 Å². The highest BCUT2D eigenvalue weighted by Crippen LogP contribution is 2.39. The van der Waals surface area contributed by atoms with Crippen LogP contribution in [0.4, 0.5) is 0 Å². The van der Waals surface area contributed by atoms with Gasteiger partial charge < -0.3 is 9.97 Å². The number of nitrogens with one attached hydrogen (secondary N) is 2. The molecule has 2 N–H and O–H groups in total. The molecule has 2 aliphatic rings. The van der Waals surface area contributed by atoms with Crippen LogP contribution >= 0.6 is 0 Å². The van der Waals surface area contributed by atoms with Crippen LogP contribution < -0.4 is 0 Å². The van der Waals surface area contributed by atoms with Gasteiger partial charge >= 0.3 is 0 Å². The highest BCUT2D eigenvalue weighted by molar-refractivity contribution is 5.86. The van der Waals surface area contributed by atoms with E-state index in [1.807, 2.05) is 12.2 Å². The van der Waals surface area contributed by atoms with Crippen molar-refractivity contribution in [2.24, 2.45) is 10.8 Å². The Labute approximate surface area is 237 Å². The molecule has 0 saturated heterocycles. The lowest BCUT2D eigenvalue weighted by atomic mass is 9.86. The van der Waals surface area contributed by atoms with Gasteiger partial charge in [-0.05, 0) is 57.6 Å². The second kappa shape index (κ2) is 8.95. The second-order valence-corrected chi connectivity index (χ2v) is 15.2. The summed E-state index contributed by atoms with van der Waals surface area (Å²) in [6, 6.07) is 6.49. The first-order valence-electron chi connectivity index (χ1n) is 14.1. The fourth-order valence-electron chi connectivity index (χ4n) is 5.12. The van der Waals surface area contributed by atoms with E-state index >= 15 is 0 Å². The van der Waals surface area contributed by atoms with E-state index in [4.69, 9.17) is 24.9 Å². The summed E-state index contributed by atoms with van der Waals surface area (Å²) < 4.78 is 0. The number of hydrogen-bond acceptors (Lipinski definition) is 5.